The molecule has 0 aromatic carbocycles. The van der Waals surface area contributed by atoms with Crippen LogP contribution in [0.1, 0.15) is 12.5 Å². The molecule has 1 aliphatic carbocycles. The number of methoxy groups -OCH3 is 1. The molecule has 118 valence electrons. The fourth-order valence-corrected chi connectivity index (χ4v) is 2.70. The third-order valence-corrected chi connectivity index (χ3v) is 3.78. The van der Waals surface area contributed by atoms with Crippen molar-refractivity contribution in [1.82, 2.24) is 9.55 Å². The van der Waals surface area contributed by atoms with Crippen molar-refractivity contribution in [2.75, 3.05) is 26.9 Å². The maximum absolute atomic E-state index is 11.9. The summed E-state index contributed by atoms with van der Waals surface area (Å²) in [6.07, 6.45) is 0.253. The highest BCUT2D eigenvalue weighted by Gasteiger charge is 2.44. The van der Waals surface area contributed by atoms with Crippen molar-refractivity contribution in [2.24, 2.45) is 5.92 Å². The zero-order chi connectivity index (χ0) is 15.4. The lowest BCUT2D eigenvalue weighted by Crippen LogP contribution is -2.39. The summed E-state index contributed by atoms with van der Waals surface area (Å²) >= 11 is 0. The molecule has 8 heteroatoms. The van der Waals surface area contributed by atoms with E-state index in [4.69, 9.17) is 9.47 Å². The summed E-state index contributed by atoms with van der Waals surface area (Å²) < 4.78 is 11.8. The first kappa shape index (κ1) is 15.9. The van der Waals surface area contributed by atoms with E-state index in [1.807, 2.05) is 0 Å². The van der Waals surface area contributed by atoms with Crippen LogP contribution < -0.4 is 11.2 Å². The Morgan fingerprint density at radius 3 is 2.81 bits per heavy atom. The van der Waals surface area contributed by atoms with Gasteiger partial charge in [0.1, 0.15) is 6.10 Å². The van der Waals surface area contributed by atoms with Crippen LogP contribution in [0.3, 0.4) is 0 Å². The molecule has 0 bridgehead atoms. The molecule has 1 aromatic rings. The lowest BCUT2D eigenvalue weighted by atomic mass is 10.1. The molecule has 21 heavy (non-hydrogen) atoms. The molecule has 1 fully saturated rings. The van der Waals surface area contributed by atoms with Crippen molar-refractivity contribution in [3.05, 3.63) is 33.1 Å². The van der Waals surface area contributed by atoms with Gasteiger partial charge in [0, 0.05) is 31.9 Å². The number of nitrogens with one attached hydrogen (secondary N) is 1. The Labute approximate surface area is 120 Å². The molecule has 0 amide bonds. The van der Waals surface area contributed by atoms with Gasteiger partial charge < -0.3 is 19.7 Å². The van der Waals surface area contributed by atoms with Crippen LogP contribution in [0.2, 0.25) is 0 Å². The van der Waals surface area contributed by atoms with E-state index in [1.54, 1.807) is 0 Å². The van der Waals surface area contributed by atoms with Crippen molar-refractivity contribution in [3.8, 4) is 0 Å². The Morgan fingerprint density at radius 1 is 1.43 bits per heavy atom. The minimum atomic E-state index is -0.879. The molecule has 1 unspecified atom stereocenters. The molecule has 2 rings (SSSR count). The van der Waals surface area contributed by atoms with Gasteiger partial charge in [0.05, 0.1) is 25.4 Å². The Bertz CT molecular complexity index is 568. The number of aromatic nitrogens is 2. The Kier molecular flexibility index (Phi) is 5.29. The van der Waals surface area contributed by atoms with Crippen molar-refractivity contribution in [1.29, 1.82) is 0 Å². The van der Waals surface area contributed by atoms with Gasteiger partial charge in [0.15, 0.2) is 0 Å². The van der Waals surface area contributed by atoms with E-state index < -0.39 is 29.5 Å². The summed E-state index contributed by atoms with van der Waals surface area (Å²) in [6.45, 7) is 0.436. The van der Waals surface area contributed by atoms with Crippen LogP contribution in [0, 0.1) is 5.92 Å². The van der Waals surface area contributed by atoms with Gasteiger partial charge >= 0.3 is 5.69 Å². The number of hydrogen-bond donors (Lipinski definition) is 3. The number of aliphatic hydroxyl groups excluding tert-OH is 2. The van der Waals surface area contributed by atoms with Crippen LogP contribution in [-0.2, 0) is 9.47 Å². The van der Waals surface area contributed by atoms with E-state index >= 15 is 0 Å². The number of aliphatic hydroxyl groups is 2. The van der Waals surface area contributed by atoms with Crippen LogP contribution in [0.5, 0.6) is 0 Å². The summed E-state index contributed by atoms with van der Waals surface area (Å²) in [5.74, 6) is -0.374. The lowest BCUT2D eigenvalue weighted by Gasteiger charge is -2.24. The van der Waals surface area contributed by atoms with Crippen LogP contribution in [0.25, 0.3) is 0 Å². The second kappa shape index (κ2) is 6.99. The van der Waals surface area contributed by atoms with Crippen molar-refractivity contribution >= 4 is 0 Å². The van der Waals surface area contributed by atoms with E-state index in [1.165, 1.54) is 23.9 Å². The number of ether oxygens (including phenoxy) is 2. The molecule has 1 heterocycles. The van der Waals surface area contributed by atoms with Gasteiger partial charge in [-0.2, -0.15) is 0 Å². The average molecular weight is 300 g/mol. The topological polar surface area (TPSA) is 114 Å². The van der Waals surface area contributed by atoms with Crippen LogP contribution >= 0.6 is 0 Å². The molecule has 8 nitrogen and oxygen atoms in total. The molecule has 0 radical (unpaired) electrons. The first-order chi connectivity index (χ1) is 10.1. The van der Waals surface area contributed by atoms with E-state index in [0.29, 0.717) is 13.0 Å². The Hall–Kier alpha value is -1.48. The van der Waals surface area contributed by atoms with Gasteiger partial charge in [-0.1, -0.05) is 0 Å². The summed E-state index contributed by atoms with van der Waals surface area (Å²) in [7, 11) is 1.54. The maximum Gasteiger partial charge on any atom is 0.328 e. The second-order valence-electron chi connectivity index (χ2n) is 5.08. The maximum atomic E-state index is 11.9. The molecule has 3 N–H and O–H groups in total. The Balaban J connectivity index is 2.25. The number of aromatic amines is 1. The van der Waals surface area contributed by atoms with Gasteiger partial charge in [-0.25, -0.2) is 4.79 Å². The SMILES string of the molecule is COCCO[C@H]1C(O)[C@@H](CO)C[C@H]1n1ccc(=O)[nH]c1=O. The van der Waals surface area contributed by atoms with Gasteiger partial charge in [-0.05, 0) is 6.42 Å². The number of nitrogens with zero attached hydrogens (tertiary/aromatic N) is 1. The molecule has 0 aliphatic heterocycles. The van der Waals surface area contributed by atoms with Crippen molar-refractivity contribution in [2.45, 2.75) is 24.7 Å². The third kappa shape index (κ3) is 3.41. The molecule has 4 atom stereocenters. The summed E-state index contributed by atoms with van der Waals surface area (Å²) in [5.41, 5.74) is -1.04. The predicted molar refractivity (Wildman–Crippen MR) is 73.2 cm³/mol. The van der Waals surface area contributed by atoms with E-state index in [9.17, 15) is 19.8 Å². The summed E-state index contributed by atoms with van der Waals surface area (Å²) in [4.78, 5) is 25.2. The van der Waals surface area contributed by atoms with Crippen molar-refractivity contribution < 1.29 is 19.7 Å². The summed E-state index contributed by atoms with van der Waals surface area (Å²) in [5, 5.41) is 19.5. The fraction of sp³-hybridized carbons (Fsp3) is 0.692. The highest BCUT2D eigenvalue weighted by molar-refractivity contribution is 4.98. The van der Waals surface area contributed by atoms with Crippen LogP contribution in [-0.4, -0.2) is 58.9 Å². The number of rotatable bonds is 6. The van der Waals surface area contributed by atoms with Gasteiger partial charge in [-0.15, -0.1) is 0 Å². The smallest absolute Gasteiger partial charge is 0.328 e. The Morgan fingerprint density at radius 2 is 2.19 bits per heavy atom. The first-order valence-electron chi connectivity index (χ1n) is 6.79. The third-order valence-electron chi connectivity index (χ3n) is 3.78. The quantitative estimate of drug-likeness (QED) is 0.550. The normalized spacial score (nSPS) is 28.9. The lowest BCUT2D eigenvalue weighted by molar-refractivity contribution is -0.0644. The zero-order valence-electron chi connectivity index (χ0n) is 11.8. The van der Waals surface area contributed by atoms with Crippen molar-refractivity contribution in [3.63, 3.8) is 0 Å². The van der Waals surface area contributed by atoms with Gasteiger partial charge in [0.25, 0.3) is 5.56 Å². The van der Waals surface area contributed by atoms with E-state index in [0.717, 1.165) is 0 Å². The minimum Gasteiger partial charge on any atom is -0.396 e. The van der Waals surface area contributed by atoms with Gasteiger partial charge in [-0.3, -0.25) is 14.3 Å². The minimum absolute atomic E-state index is 0.195. The first-order valence-corrected chi connectivity index (χ1v) is 6.79. The van der Waals surface area contributed by atoms with E-state index in [-0.39, 0.29) is 19.1 Å². The summed E-state index contributed by atoms with van der Waals surface area (Å²) in [6, 6.07) is 0.796. The molecular weight excluding hydrogens is 280 g/mol. The molecule has 1 aliphatic rings. The molecule has 1 saturated carbocycles. The monoisotopic (exact) mass is 300 g/mol. The second-order valence-corrected chi connectivity index (χ2v) is 5.08. The zero-order valence-corrected chi connectivity index (χ0v) is 11.8. The van der Waals surface area contributed by atoms with E-state index in [2.05, 4.69) is 4.98 Å². The molecule has 1 aromatic heterocycles. The number of hydrogen-bond acceptors (Lipinski definition) is 6. The fourth-order valence-electron chi connectivity index (χ4n) is 2.70. The standard InChI is InChI=1S/C13H20N2O6/c1-20-4-5-21-12-9(6-8(7-16)11(12)18)15-3-2-10(17)14-13(15)19/h2-3,8-9,11-12,16,18H,4-7H2,1H3,(H,14,17,19)/t8-,9-,11?,12-/m1/s1. The molecule has 0 spiro atoms. The highest BCUT2D eigenvalue weighted by Crippen LogP contribution is 2.36. The largest absolute Gasteiger partial charge is 0.396 e. The van der Waals surface area contributed by atoms with Crippen LogP contribution in [0.4, 0.5) is 0 Å². The molecule has 0 saturated heterocycles. The average Bonchev–Trinajstić information content (AvgIpc) is 2.76. The van der Waals surface area contributed by atoms with Gasteiger partial charge in [0.2, 0.25) is 0 Å². The highest BCUT2D eigenvalue weighted by atomic mass is 16.5. The molecular formula is C13H20N2O6. The number of H-pyrrole nitrogens is 1. The predicted octanol–water partition coefficient (Wildman–Crippen LogP) is -1.52. The van der Waals surface area contributed by atoms with Crippen LogP contribution in [0.15, 0.2) is 21.9 Å².